The number of benzene rings is 2. The fourth-order valence-corrected chi connectivity index (χ4v) is 4.63. The van der Waals surface area contributed by atoms with E-state index in [2.05, 4.69) is 39.6 Å². The number of amides is 1. The summed E-state index contributed by atoms with van der Waals surface area (Å²) in [6.07, 6.45) is 3.93. The lowest BCUT2D eigenvalue weighted by Gasteiger charge is -2.26. The number of carbonyl (C=O) groups excluding carboxylic acids is 1. The standard InChI is InChI=1S/C25H28Cl2N4O/c1-18-23(24(27)31(29-18)17-21-7-3-4-8-22(21)26)25(32)28-15-19-9-11-20(12-10-19)16-30-13-5-2-6-14-30/h3-4,7-12H,2,5-6,13-17H2,1H3,(H,28,32). The van der Waals surface area contributed by atoms with E-state index in [0.717, 1.165) is 17.7 Å². The topological polar surface area (TPSA) is 50.2 Å². The van der Waals surface area contributed by atoms with Crippen molar-refractivity contribution in [3.8, 4) is 0 Å². The molecular weight excluding hydrogens is 443 g/mol. The van der Waals surface area contributed by atoms with Gasteiger partial charge in [0.1, 0.15) is 5.15 Å². The zero-order chi connectivity index (χ0) is 22.5. The number of carbonyl (C=O) groups is 1. The first-order valence-electron chi connectivity index (χ1n) is 11.1. The van der Waals surface area contributed by atoms with Crippen LogP contribution < -0.4 is 5.32 Å². The highest BCUT2D eigenvalue weighted by Crippen LogP contribution is 2.23. The molecule has 0 radical (unpaired) electrons. The Bertz CT molecular complexity index is 1070. The van der Waals surface area contributed by atoms with Gasteiger partial charge in [0, 0.05) is 18.1 Å². The molecule has 1 aliphatic rings. The minimum absolute atomic E-state index is 0.227. The van der Waals surface area contributed by atoms with E-state index < -0.39 is 0 Å². The van der Waals surface area contributed by atoms with E-state index in [1.54, 1.807) is 11.6 Å². The highest BCUT2D eigenvalue weighted by molar-refractivity contribution is 6.33. The molecule has 1 aliphatic heterocycles. The van der Waals surface area contributed by atoms with Crippen molar-refractivity contribution in [2.45, 2.75) is 45.8 Å². The first-order valence-corrected chi connectivity index (χ1v) is 11.8. The normalized spacial score (nSPS) is 14.5. The van der Waals surface area contributed by atoms with Gasteiger partial charge in [-0.15, -0.1) is 0 Å². The van der Waals surface area contributed by atoms with Gasteiger partial charge in [0.2, 0.25) is 0 Å². The van der Waals surface area contributed by atoms with Gasteiger partial charge in [-0.1, -0.05) is 72.1 Å². The lowest BCUT2D eigenvalue weighted by Crippen LogP contribution is -2.29. The highest BCUT2D eigenvalue weighted by atomic mass is 35.5. The minimum Gasteiger partial charge on any atom is -0.348 e. The van der Waals surface area contributed by atoms with Crippen LogP contribution in [0.4, 0.5) is 0 Å². The maximum Gasteiger partial charge on any atom is 0.256 e. The van der Waals surface area contributed by atoms with Crippen molar-refractivity contribution in [1.29, 1.82) is 0 Å². The number of aromatic nitrogens is 2. The molecule has 1 amide bonds. The van der Waals surface area contributed by atoms with Crippen molar-refractivity contribution in [3.63, 3.8) is 0 Å². The molecule has 2 aromatic carbocycles. The smallest absolute Gasteiger partial charge is 0.256 e. The zero-order valence-corrected chi connectivity index (χ0v) is 19.8. The van der Waals surface area contributed by atoms with Crippen LogP contribution in [0.2, 0.25) is 10.2 Å². The third kappa shape index (κ3) is 5.52. The van der Waals surface area contributed by atoms with E-state index in [-0.39, 0.29) is 5.91 Å². The van der Waals surface area contributed by atoms with Crippen LogP contribution in [0, 0.1) is 6.92 Å². The molecule has 1 saturated heterocycles. The van der Waals surface area contributed by atoms with Gasteiger partial charge in [0.15, 0.2) is 0 Å². The van der Waals surface area contributed by atoms with Crippen molar-refractivity contribution in [1.82, 2.24) is 20.0 Å². The maximum atomic E-state index is 12.8. The minimum atomic E-state index is -0.227. The average molecular weight is 471 g/mol. The fourth-order valence-electron chi connectivity index (χ4n) is 4.11. The number of halogens is 2. The van der Waals surface area contributed by atoms with Crippen molar-refractivity contribution in [3.05, 3.63) is 86.7 Å². The van der Waals surface area contributed by atoms with Gasteiger partial charge < -0.3 is 5.32 Å². The lowest BCUT2D eigenvalue weighted by molar-refractivity contribution is 0.0950. The van der Waals surface area contributed by atoms with Crippen LogP contribution in [0.1, 0.15) is 52.0 Å². The SMILES string of the molecule is Cc1nn(Cc2ccccc2Cl)c(Cl)c1C(=O)NCc1ccc(CN2CCCCC2)cc1. The average Bonchev–Trinajstić information content (AvgIpc) is 3.08. The first-order chi connectivity index (χ1) is 15.5. The summed E-state index contributed by atoms with van der Waals surface area (Å²) in [5.74, 6) is -0.227. The van der Waals surface area contributed by atoms with Gasteiger partial charge in [0.05, 0.1) is 17.8 Å². The van der Waals surface area contributed by atoms with Crippen molar-refractivity contribution in [2.24, 2.45) is 0 Å². The van der Waals surface area contributed by atoms with Gasteiger partial charge in [-0.2, -0.15) is 5.10 Å². The Morgan fingerprint density at radius 3 is 2.38 bits per heavy atom. The van der Waals surface area contributed by atoms with E-state index in [1.807, 2.05) is 24.3 Å². The molecule has 0 saturated carbocycles. The summed E-state index contributed by atoms with van der Waals surface area (Å²) in [5, 5.41) is 8.38. The summed E-state index contributed by atoms with van der Waals surface area (Å²) >= 11 is 12.8. The van der Waals surface area contributed by atoms with E-state index in [4.69, 9.17) is 23.2 Å². The molecule has 3 aromatic rings. The summed E-state index contributed by atoms with van der Waals surface area (Å²) in [4.78, 5) is 15.3. The number of likely N-dealkylation sites (tertiary alicyclic amines) is 1. The van der Waals surface area contributed by atoms with Crippen LogP contribution in [-0.4, -0.2) is 33.7 Å². The molecular formula is C25H28Cl2N4O. The Morgan fingerprint density at radius 1 is 0.969 bits per heavy atom. The fraction of sp³-hybridized carbons (Fsp3) is 0.360. The first kappa shape index (κ1) is 22.8. The van der Waals surface area contributed by atoms with Crippen LogP contribution in [0.15, 0.2) is 48.5 Å². The van der Waals surface area contributed by atoms with Crippen LogP contribution in [0.25, 0.3) is 0 Å². The Hall–Kier alpha value is -2.34. The third-order valence-electron chi connectivity index (χ3n) is 5.90. The number of aryl methyl sites for hydroxylation is 1. The van der Waals surface area contributed by atoms with Crippen molar-refractivity contribution >= 4 is 29.1 Å². The van der Waals surface area contributed by atoms with Gasteiger partial charge in [-0.05, 0) is 55.6 Å². The van der Waals surface area contributed by atoms with Gasteiger partial charge in [0.25, 0.3) is 5.91 Å². The summed E-state index contributed by atoms with van der Waals surface area (Å²) in [6, 6.07) is 16.0. The largest absolute Gasteiger partial charge is 0.348 e. The quantitative estimate of drug-likeness (QED) is 0.498. The van der Waals surface area contributed by atoms with Crippen LogP contribution in [0.3, 0.4) is 0 Å². The molecule has 0 bridgehead atoms. The Kier molecular flexibility index (Phi) is 7.51. The second-order valence-corrected chi connectivity index (χ2v) is 9.10. The second-order valence-electron chi connectivity index (χ2n) is 8.34. The third-order valence-corrected chi connectivity index (χ3v) is 6.65. The Balaban J connectivity index is 1.36. The summed E-state index contributed by atoms with van der Waals surface area (Å²) in [6.45, 7) is 5.99. The van der Waals surface area contributed by atoms with Gasteiger partial charge in [-0.25, -0.2) is 4.68 Å². The van der Waals surface area contributed by atoms with Crippen molar-refractivity contribution in [2.75, 3.05) is 13.1 Å². The number of rotatable bonds is 7. The van der Waals surface area contributed by atoms with E-state index in [9.17, 15) is 4.79 Å². The number of hydrogen-bond acceptors (Lipinski definition) is 3. The molecule has 1 aromatic heterocycles. The molecule has 0 spiro atoms. The number of nitrogens with one attached hydrogen (secondary N) is 1. The maximum absolute atomic E-state index is 12.8. The molecule has 0 atom stereocenters. The molecule has 2 heterocycles. The number of hydrogen-bond donors (Lipinski definition) is 1. The zero-order valence-electron chi connectivity index (χ0n) is 18.3. The van der Waals surface area contributed by atoms with Gasteiger partial charge in [-0.3, -0.25) is 9.69 Å². The summed E-state index contributed by atoms with van der Waals surface area (Å²) in [5.41, 5.74) is 4.26. The number of nitrogens with zero attached hydrogens (tertiary/aromatic N) is 3. The van der Waals surface area contributed by atoms with E-state index in [0.29, 0.717) is 34.5 Å². The molecule has 5 nitrogen and oxygen atoms in total. The number of piperidine rings is 1. The monoisotopic (exact) mass is 470 g/mol. The van der Waals surface area contributed by atoms with Crippen LogP contribution in [0.5, 0.6) is 0 Å². The molecule has 168 valence electrons. The van der Waals surface area contributed by atoms with Crippen molar-refractivity contribution < 1.29 is 4.79 Å². The summed E-state index contributed by atoms with van der Waals surface area (Å²) in [7, 11) is 0. The summed E-state index contributed by atoms with van der Waals surface area (Å²) < 4.78 is 1.61. The highest BCUT2D eigenvalue weighted by Gasteiger charge is 2.20. The molecule has 32 heavy (non-hydrogen) atoms. The van der Waals surface area contributed by atoms with E-state index in [1.165, 1.54) is 37.9 Å². The predicted molar refractivity (Wildman–Crippen MR) is 129 cm³/mol. The van der Waals surface area contributed by atoms with Crippen LogP contribution in [-0.2, 0) is 19.6 Å². The second kappa shape index (κ2) is 10.5. The molecule has 7 heteroatoms. The van der Waals surface area contributed by atoms with Gasteiger partial charge >= 0.3 is 0 Å². The van der Waals surface area contributed by atoms with Crippen LogP contribution >= 0.6 is 23.2 Å². The molecule has 0 aliphatic carbocycles. The van der Waals surface area contributed by atoms with E-state index >= 15 is 0 Å². The molecule has 1 fully saturated rings. The Morgan fingerprint density at radius 2 is 1.66 bits per heavy atom. The predicted octanol–water partition coefficient (Wildman–Crippen LogP) is 5.46. The molecule has 4 rings (SSSR count). The lowest BCUT2D eigenvalue weighted by atomic mass is 10.1. The molecule has 1 N–H and O–H groups in total. The molecule has 0 unspecified atom stereocenters. The Labute approximate surface area is 199 Å².